The number of halogens is 3. The van der Waals surface area contributed by atoms with Crippen LogP contribution >= 0.6 is 0 Å². The number of hydrogen-bond acceptors (Lipinski definition) is 4. The zero-order chi connectivity index (χ0) is 19.6. The summed E-state index contributed by atoms with van der Waals surface area (Å²) in [6.45, 7) is 3.07. The zero-order valence-corrected chi connectivity index (χ0v) is 14.4. The number of azide groups is 1. The number of fused-ring (bicyclic) bond motifs is 1. The number of nitrogens with zero attached hydrogens (tertiary/aromatic N) is 7. The Morgan fingerprint density at radius 3 is 2.74 bits per heavy atom. The molecular weight excluding hydrogens is 363 g/mol. The van der Waals surface area contributed by atoms with E-state index in [1.165, 1.54) is 0 Å². The predicted molar refractivity (Wildman–Crippen MR) is 87.7 cm³/mol. The van der Waals surface area contributed by atoms with Gasteiger partial charge in [0.15, 0.2) is 17.5 Å². The topological polar surface area (TPSA) is 99.8 Å². The second-order valence-electron chi connectivity index (χ2n) is 6.26. The minimum Gasteiger partial charge on any atom is -0.333 e. The molecule has 1 aromatic heterocycles. The van der Waals surface area contributed by atoms with Crippen LogP contribution in [0.5, 0.6) is 0 Å². The van der Waals surface area contributed by atoms with E-state index in [2.05, 4.69) is 20.2 Å². The molecule has 2 aromatic rings. The van der Waals surface area contributed by atoms with Crippen LogP contribution in [0, 0.1) is 24.4 Å². The molecule has 27 heavy (non-hydrogen) atoms. The Bertz CT molecular complexity index is 923. The van der Waals surface area contributed by atoms with E-state index in [1.54, 1.807) is 4.90 Å². The van der Waals surface area contributed by atoms with Crippen LogP contribution in [0.4, 0.5) is 13.2 Å². The molecule has 0 unspecified atom stereocenters. The number of amides is 1. The molecular formula is C16H16F3N7O. The lowest BCUT2D eigenvalue weighted by Crippen LogP contribution is -2.40. The van der Waals surface area contributed by atoms with Crippen molar-refractivity contribution in [1.29, 1.82) is 0 Å². The van der Waals surface area contributed by atoms with Crippen molar-refractivity contribution in [3.8, 4) is 0 Å². The molecule has 1 amide bonds. The monoisotopic (exact) mass is 379 g/mol. The molecule has 0 fully saturated rings. The van der Waals surface area contributed by atoms with Gasteiger partial charge in [-0.15, -0.1) is 10.2 Å². The largest absolute Gasteiger partial charge is 0.333 e. The van der Waals surface area contributed by atoms with Crippen molar-refractivity contribution >= 4 is 5.91 Å². The molecule has 1 atom stereocenters. The fraction of sp³-hybridized carbons (Fsp3) is 0.438. The van der Waals surface area contributed by atoms with Gasteiger partial charge in [0, 0.05) is 30.5 Å². The van der Waals surface area contributed by atoms with E-state index in [1.807, 2.05) is 11.5 Å². The van der Waals surface area contributed by atoms with Crippen LogP contribution in [0.1, 0.15) is 23.6 Å². The molecule has 0 bridgehead atoms. The summed E-state index contributed by atoms with van der Waals surface area (Å²) in [4.78, 5) is 16.8. The first-order valence-corrected chi connectivity index (χ1v) is 8.23. The van der Waals surface area contributed by atoms with Gasteiger partial charge in [-0.2, -0.15) is 0 Å². The van der Waals surface area contributed by atoms with Crippen LogP contribution < -0.4 is 0 Å². The summed E-state index contributed by atoms with van der Waals surface area (Å²) in [5.74, 6) is -2.36. The summed E-state index contributed by atoms with van der Waals surface area (Å²) >= 11 is 0. The Morgan fingerprint density at radius 1 is 1.26 bits per heavy atom. The molecule has 142 valence electrons. The summed E-state index contributed by atoms with van der Waals surface area (Å²) < 4.78 is 42.2. The third-order valence-electron chi connectivity index (χ3n) is 4.46. The van der Waals surface area contributed by atoms with Crippen molar-refractivity contribution < 1.29 is 18.0 Å². The third kappa shape index (κ3) is 4.03. The molecule has 11 heteroatoms. The van der Waals surface area contributed by atoms with E-state index >= 15 is 0 Å². The van der Waals surface area contributed by atoms with E-state index in [0.29, 0.717) is 31.0 Å². The quantitative estimate of drug-likeness (QED) is 0.345. The van der Waals surface area contributed by atoms with Crippen LogP contribution in [-0.2, 0) is 24.3 Å². The molecule has 0 aliphatic carbocycles. The average Bonchev–Trinajstić information content (AvgIpc) is 3.00. The van der Waals surface area contributed by atoms with Gasteiger partial charge in [0.05, 0.1) is 12.6 Å². The number of carbonyl (C=O) groups excluding carboxylic acids is 1. The lowest BCUT2D eigenvalue weighted by molar-refractivity contribution is -0.133. The summed E-state index contributed by atoms with van der Waals surface area (Å²) in [7, 11) is 0. The minimum absolute atomic E-state index is 0.159. The zero-order valence-electron chi connectivity index (χ0n) is 14.4. The number of rotatable bonds is 5. The highest BCUT2D eigenvalue weighted by Gasteiger charge is 2.26. The molecule has 0 N–H and O–H groups in total. The standard InChI is InChI=1S/C16H16F3N7O/c1-9-21-23-15-8-25(2-3-26(9)15)16(27)6-11(22-24-20)4-10-5-13(18)14(19)7-12(10)17/h5,7,11H,2-4,6,8H2,1H3/t11-/m0/s1. The smallest absolute Gasteiger partial charge is 0.223 e. The Morgan fingerprint density at radius 2 is 2.00 bits per heavy atom. The highest BCUT2D eigenvalue weighted by Crippen LogP contribution is 2.19. The predicted octanol–water partition coefficient (Wildman–Crippen LogP) is 2.66. The number of carbonyl (C=O) groups is 1. The first-order valence-electron chi connectivity index (χ1n) is 8.23. The number of aryl methyl sites for hydroxylation is 1. The van der Waals surface area contributed by atoms with E-state index < -0.39 is 23.5 Å². The van der Waals surface area contributed by atoms with E-state index in [4.69, 9.17) is 5.53 Å². The van der Waals surface area contributed by atoms with Gasteiger partial charge >= 0.3 is 0 Å². The lowest BCUT2D eigenvalue weighted by atomic mass is 10.0. The van der Waals surface area contributed by atoms with Crippen molar-refractivity contribution in [1.82, 2.24) is 19.7 Å². The van der Waals surface area contributed by atoms with Gasteiger partial charge in [-0.25, -0.2) is 13.2 Å². The van der Waals surface area contributed by atoms with Crippen LogP contribution in [0.25, 0.3) is 10.4 Å². The SMILES string of the molecule is Cc1nnc2n1CCN(C(=O)C[C@H](Cc1cc(F)c(F)cc1F)N=[N+]=[N-])C2. The average molecular weight is 379 g/mol. The first kappa shape index (κ1) is 18.7. The van der Waals surface area contributed by atoms with E-state index in [0.717, 1.165) is 5.82 Å². The van der Waals surface area contributed by atoms with Crippen molar-refractivity contribution in [2.75, 3.05) is 6.54 Å². The van der Waals surface area contributed by atoms with Crippen molar-refractivity contribution in [2.45, 2.75) is 38.9 Å². The number of benzene rings is 1. The molecule has 1 aromatic carbocycles. The Hall–Kier alpha value is -3.07. The first-order chi connectivity index (χ1) is 12.9. The van der Waals surface area contributed by atoms with E-state index in [9.17, 15) is 18.0 Å². The fourth-order valence-electron chi connectivity index (χ4n) is 3.05. The van der Waals surface area contributed by atoms with Gasteiger partial charge in [0.1, 0.15) is 11.6 Å². The van der Waals surface area contributed by atoms with Crippen LogP contribution in [0.3, 0.4) is 0 Å². The van der Waals surface area contributed by atoms with Crippen LogP contribution in [0.2, 0.25) is 0 Å². The van der Waals surface area contributed by atoms with Gasteiger partial charge in [0.25, 0.3) is 0 Å². The molecule has 1 aliphatic heterocycles. The molecule has 8 nitrogen and oxygen atoms in total. The second kappa shape index (κ2) is 7.67. The van der Waals surface area contributed by atoms with Gasteiger partial charge in [-0.1, -0.05) is 5.11 Å². The van der Waals surface area contributed by atoms with Crippen LogP contribution in [-0.4, -0.2) is 38.2 Å². The molecule has 3 rings (SSSR count). The number of aromatic nitrogens is 3. The minimum atomic E-state index is -1.31. The molecule has 2 heterocycles. The Labute approximate surface area is 152 Å². The highest BCUT2D eigenvalue weighted by molar-refractivity contribution is 5.77. The fourth-order valence-corrected chi connectivity index (χ4v) is 3.05. The molecule has 0 saturated heterocycles. The maximum atomic E-state index is 13.8. The van der Waals surface area contributed by atoms with Gasteiger partial charge in [-0.05, 0) is 30.5 Å². The van der Waals surface area contributed by atoms with Crippen molar-refractivity contribution in [2.24, 2.45) is 5.11 Å². The second-order valence-corrected chi connectivity index (χ2v) is 6.26. The van der Waals surface area contributed by atoms with Gasteiger partial charge < -0.3 is 9.47 Å². The summed E-state index contributed by atoms with van der Waals surface area (Å²) in [6.07, 6.45) is -0.405. The lowest BCUT2D eigenvalue weighted by Gasteiger charge is -2.28. The molecule has 0 saturated carbocycles. The normalized spacial score (nSPS) is 14.4. The summed E-state index contributed by atoms with van der Waals surface area (Å²) in [5.41, 5.74) is 8.56. The molecule has 0 spiro atoms. The summed E-state index contributed by atoms with van der Waals surface area (Å²) in [6, 6.07) is 0.212. The summed E-state index contributed by atoms with van der Waals surface area (Å²) in [5, 5.41) is 11.5. The van der Waals surface area contributed by atoms with Gasteiger partial charge in [0.2, 0.25) is 5.91 Å². The highest BCUT2D eigenvalue weighted by atomic mass is 19.2. The van der Waals surface area contributed by atoms with Gasteiger partial charge in [-0.3, -0.25) is 4.79 Å². The Kier molecular flexibility index (Phi) is 5.31. The Balaban J connectivity index is 1.70. The molecule has 1 aliphatic rings. The van der Waals surface area contributed by atoms with Crippen molar-refractivity contribution in [3.05, 3.63) is 57.2 Å². The maximum Gasteiger partial charge on any atom is 0.223 e. The van der Waals surface area contributed by atoms with Crippen molar-refractivity contribution in [3.63, 3.8) is 0 Å². The number of hydrogen-bond donors (Lipinski definition) is 0. The maximum absolute atomic E-state index is 13.8. The molecule has 0 radical (unpaired) electrons. The van der Waals surface area contributed by atoms with E-state index in [-0.39, 0.29) is 30.9 Å². The van der Waals surface area contributed by atoms with Crippen LogP contribution in [0.15, 0.2) is 17.2 Å². The third-order valence-corrected chi connectivity index (χ3v) is 4.46.